The number of hydrogen-bond acceptors (Lipinski definition) is 5. The first-order chi connectivity index (χ1) is 11.5. The molecule has 0 unspecified atom stereocenters. The number of sulfonamides is 1. The van der Waals surface area contributed by atoms with Crippen LogP contribution in [0.1, 0.15) is 19.4 Å². The topological polar surface area (TPSA) is 101 Å². The molecule has 0 amide bonds. The largest absolute Gasteiger partial charge is 0.454 e. The Morgan fingerprint density at radius 2 is 1.96 bits per heavy atom. The first-order valence-electron chi connectivity index (χ1n) is 7.92. The van der Waals surface area contributed by atoms with Crippen molar-refractivity contribution >= 4 is 16.0 Å². The van der Waals surface area contributed by atoms with Gasteiger partial charge in [-0.25, -0.2) is 18.1 Å². The predicted octanol–water partition coefficient (Wildman–Crippen LogP) is 0.410. The monoisotopic (exact) mass is 356 g/mol. The molecule has 0 spiro atoms. The van der Waals surface area contributed by atoms with Crippen LogP contribution in [0.15, 0.2) is 23.2 Å². The van der Waals surface area contributed by atoms with Gasteiger partial charge in [-0.05, 0) is 31.5 Å². The summed E-state index contributed by atoms with van der Waals surface area (Å²) in [5.41, 5.74) is 1.00. The maximum absolute atomic E-state index is 11.4. The van der Waals surface area contributed by atoms with Crippen LogP contribution in [-0.4, -0.2) is 46.6 Å². The van der Waals surface area contributed by atoms with E-state index in [1.54, 1.807) is 6.92 Å². The summed E-state index contributed by atoms with van der Waals surface area (Å²) >= 11 is 0. The lowest BCUT2D eigenvalue weighted by molar-refractivity contribution is 0.174. The minimum atomic E-state index is -3.17. The van der Waals surface area contributed by atoms with Crippen molar-refractivity contribution in [1.29, 1.82) is 0 Å². The summed E-state index contributed by atoms with van der Waals surface area (Å²) < 4.78 is 35.9. The normalized spacial score (nSPS) is 13.8. The van der Waals surface area contributed by atoms with Crippen molar-refractivity contribution in [2.75, 3.05) is 32.2 Å². The Kier molecular flexibility index (Phi) is 6.68. The van der Waals surface area contributed by atoms with E-state index in [1.807, 2.05) is 25.1 Å². The zero-order valence-corrected chi connectivity index (χ0v) is 14.8. The highest BCUT2D eigenvalue weighted by Gasteiger charge is 2.13. The second-order valence-electron chi connectivity index (χ2n) is 5.11. The van der Waals surface area contributed by atoms with Crippen LogP contribution < -0.4 is 24.8 Å². The van der Waals surface area contributed by atoms with E-state index in [0.29, 0.717) is 32.1 Å². The number of benzene rings is 1. The highest BCUT2D eigenvalue weighted by Crippen LogP contribution is 2.32. The first kappa shape index (κ1) is 18.3. The molecule has 2 rings (SSSR count). The molecule has 0 atom stereocenters. The van der Waals surface area contributed by atoms with Gasteiger partial charge in [-0.3, -0.25) is 0 Å². The maximum Gasteiger partial charge on any atom is 0.231 e. The Morgan fingerprint density at radius 3 is 2.71 bits per heavy atom. The van der Waals surface area contributed by atoms with Crippen LogP contribution >= 0.6 is 0 Å². The van der Waals surface area contributed by atoms with Gasteiger partial charge in [-0.1, -0.05) is 6.07 Å². The van der Waals surface area contributed by atoms with E-state index in [-0.39, 0.29) is 12.5 Å². The van der Waals surface area contributed by atoms with Crippen molar-refractivity contribution in [1.82, 2.24) is 15.4 Å². The molecule has 0 saturated carbocycles. The molecule has 0 fully saturated rings. The van der Waals surface area contributed by atoms with Crippen molar-refractivity contribution in [3.63, 3.8) is 0 Å². The molecule has 1 aliphatic heterocycles. The number of aliphatic imine (C=N–C) groups is 1. The van der Waals surface area contributed by atoms with Gasteiger partial charge < -0.3 is 20.1 Å². The average Bonchev–Trinajstić information content (AvgIpc) is 3.04. The molecule has 0 radical (unpaired) electrons. The van der Waals surface area contributed by atoms with Crippen LogP contribution in [-0.2, 0) is 16.6 Å². The maximum atomic E-state index is 11.4. The fourth-order valence-corrected chi connectivity index (χ4v) is 2.66. The Labute approximate surface area is 142 Å². The Morgan fingerprint density at radius 1 is 1.17 bits per heavy atom. The molecule has 9 heteroatoms. The van der Waals surface area contributed by atoms with Crippen LogP contribution in [0.25, 0.3) is 0 Å². The fraction of sp³-hybridized carbons (Fsp3) is 0.533. The third-order valence-electron chi connectivity index (χ3n) is 3.32. The third-order valence-corrected chi connectivity index (χ3v) is 4.72. The molecule has 134 valence electrons. The van der Waals surface area contributed by atoms with E-state index in [9.17, 15) is 8.42 Å². The smallest absolute Gasteiger partial charge is 0.231 e. The minimum Gasteiger partial charge on any atom is -0.454 e. The second kappa shape index (κ2) is 8.74. The summed E-state index contributed by atoms with van der Waals surface area (Å²) in [6.45, 7) is 5.78. The molecule has 24 heavy (non-hydrogen) atoms. The summed E-state index contributed by atoms with van der Waals surface area (Å²) in [6.07, 6.45) is 0. The first-order valence-corrected chi connectivity index (χ1v) is 9.57. The van der Waals surface area contributed by atoms with Crippen LogP contribution in [0.5, 0.6) is 11.5 Å². The molecular weight excluding hydrogens is 332 g/mol. The van der Waals surface area contributed by atoms with Gasteiger partial charge in [0.25, 0.3) is 0 Å². The molecule has 0 aromatic heterocycles. The van der Waals surface area contributed by atoms with Crippen molar-refractivity contribution in [2.45, 2.75) is 20.4 Å². The van der Waals surface area contributed by atoms with Gasteiger partial charge >= 0.3 is 0 Å². The van der Waals surface area contributed by atoms with Crippen LogP contribution in [0.2, 0.25) is 0 Å². The molecule has 0 saturated heterocycles. The standard InChI is InChI=1S/C15H24N4O4S/c1-3-16-15(17-7-8-19-24(20,21)4-2)18-10-12-5-6-13-14(9-12)23-11-22-13/h5-6,9,19H,3-4,7-8,10-11H2,1-2H3,(H2,16,17,18). The molecule has 8 nitrogen and oxygen atoms in total. The van der Waals surface area contributed by atoms with Crippen LogP contribution in [0.4, 0.5) is 0 Å². The van der Waals surface area contributed by atoms with Gasteiger partial charge in [0.15, 0.2) is 17.5 Å². The van der Waals surface area contributed by atoms with Gasteiger partial charge in [0, 0.05) is 19.6 Å². The number of rotatable bonds is 8. The number of guanidine groups is 1. The third kappa shape index (κ3) is 5.57. The van der Waals surface area contributed by atoms with Gasteiger partial charge in [0.05, 0.1) is 12.3 Å². The van der Waals surface area contributed by atoms with Gasteiger partial charge in [0.2, 0.25) is 16.8 Å². The lowest BCUT2D eigenvalue weighted by Crippen LogP contribution is -2.41. The lowest BCUT2D eigenvalue weighted by Gasteiger charge is -2.12. The van der Waals surface area contributed by atoms with Crippen molar-refractivity contribution in [3.05, 3.63) is 23.8 Å². The molecule has 1 aliphatic rings. The van der Waals surface area contributed by atoms with Crippen molar-refractivity contribution in [2.24, 2.45) is 4.99 Å². The van der Waals surface area contributed by atoms with Gasteiger partial charge in [0.1, 0.15) is 0 Å². The number of nitrogens with zero attached hydrogens (tertiary/aromatic N) is 1. The van der Waals surface area contributed by atoms with E-state index >= 15 is 0 Å². The summed E-state index contributed by atoms with van der Waals surface area (Å²) in [4.78, 5) is 4.48. The minimum absolute atomic E-state index is 0.0747. The molecule has 1 aromatic carbocycles. The van der Waals surface area contributed by atoms with Gasteiger partial charge in [-0.2, -0.15) is 0 Å². The van der Waals surface area contributed by atoms with Crippen LogP contribution in [0, 0.1) is 0 Å². The molecule has 3 N–H and O–H groups in total. The second-order valence-corrected chi connectivity index (χ2v) is 7.20. The van der Waals surface area contributed by atoms with Crippen molar-refractivity contribution in [3.8, 4) is 11.5 Å². The Balaban J connectivity index is 1.86. The predicted molar refractivity (Wildman–Crippen MR) is 92.8 cm³/mol. The van der Waals surface area contributed by atoms with E-state index in [0.717, 1.165) is 17.1 Å². The highest BCUT2D eigenvalue weighted by molar-refractivity contribution is 7.89. The van der Waals surface area contributed by atoms with Gasteiger partial charge in [-0.15, -0.1) is 0 Å². The van der Waals surface area contributed by atoms with E-state index < -0.39 is 10.0 Å². The lowest BCUT2D eigenvalue weighted by atomic mass is 10.2. The fourth-order valence-electron chi connectivity index (χ4n) is 2.04. The average molecular weight is 356 g/mol. The zero-order chi connectivity index (χ0) is 17.4. The summed E-state index contributed by atoms with van der Waals surface area (Å²) in [6, 6.07) is 5.72. The highest BCUT2D eigenvalue weighted by atomic mass is 32.2. The Bertz CT molecular complexity index is 676. The summed E-state index contributed by atoms with van der Waals surface area (Å²) in [5.74, 6) is 2.18. The van der Waals surface area contributed by atoms with E-state index in [2.05, 4.69) is 20.3 Å². The summed E-state index contributed by atoms with van der Waals surface area (Å²) in [5, 5.41) is 6.22. The molecule has 1 heterocycles. The Hall–Kier alpha value is -2.00. The number of nitrogens with one attached hydrogen (secondary N) is 3. The van der Waals surface area contributed by atoms with E-state index in [4.69, 9.17) is 9.47 Å². The molecular formula is C15H24N4O4S. The van der Waals surface area contributed by atoms with E-state index in [1.165, 1.54) is 0 Å². The number of ether oxygens (including phenoxy) is 2. The zero-order valence-electron chi connectivity index (χ0n) is 14.0. The van der Waals surface area contributed by atoms with Crippen molar-refractivity contribution < 1.29 is 17.9 Å². The molecule has 1 aromatic rings. The quantitative estimate of drug-likeness (QED) is 0.354. The number of fused-ring (bicyclic) bond motifs is 1. The molecule has 0 aliphatic carbocycles. The van der Waals surface area contributed by atoms with Crippen LogP contribution in [0.3, 0.4) is 0 Å². The summed E-state index contributed by atoms with van der Waals surface area (Å²) in [7, 11) is -3.17. The number of hydrogen-bond donors (Lipinski definition) is 3. The SMILES string of the molecule is CCNC(=NCc1ccc2c(c1)OCO2)NCCNS(=O)(=O)CC. The molecule has 0 bridgehead atoms.